The fourth-order valence-electron chi connectivity index (χ4n) is 5.13. The minimum absolute atomic E-state index is 0.0220. The van der Waals surface area contributed by atoms with Gasteiger partial charge in [-0.1, -0.05) is 29.8 Å². The van der Waals surface area contributed by atoms with Crippen LogP contribution in [0.15, 0.2) is 60.7 Å². The number of carbonyl (C=O) groups is 3. The molecule has 0 saturated carbocycles. The Morgan fingerprint density at radius 1 is 0.850 bits per heavy atom. The van der Waals surface area contributed by atoms with Crippen LogP contribution < -0.4 is 19.1 Å². The van der Waals surface area contributed by atoms with Gasteiger partial charge in [-0.05, 0) is 55.3 Å². The number of methoxy groups -OCH3 is 2. The molecular formula is C31H33N3O6. The molecule has 0 aliphatic carbocycles. The van der Waals surface area contributed by atoms with Crippen molar-refractivity contribution in [1.29, 1.82) is 0 Å². The maximum atomic E-state index is 13.5. The van der Waals surface area contributed by atoms with Crippen LogP contribution in [0.2, 0.25) is 0 Å². The SMILES string of the molecule is COc1ccc(CCN2C(=O)c3cccc(N4CCN(C(=O)COc5ccc(C)cc5)CC4)c3C2=O)cc1OC. The van der Waals surface area contributed by atoms with Crippen molar-refractivity contribution in [3.05, 3.63) is 82.9 Å². The predicted molar refractivity (Wildman–Crippen MR) is 151 cm³/mol. The summed E-state index contributed by atoms with van der Waals surface area (Å²) in [7, 11) is 3.15. The van der Waals surface area contributed by atoms with E-state index in [4.69, 9.17) is 14.2 Å². The van der Waals surface area contributed by atoms with Gasteiger partial charge in [-0.25, -0.2) is 0 Å². The molecule has 2 aliphatic heterocycles. The Morgan fingerprint density at radius 3 is 2.27 bits per heavy atom. The third kappa shape index (κ3) is 5.45. The Hall–Kier alpha value is -4.53. The number of ether oxygens (including phenoxy) is 3. The molecule has 0 spiro atoms. The van der Waals surface area contributed by atoms with Crippen LogP contribution in [0.4, 0.5) is 5.69 Å². The summed E-state index contributed by atoms with van der Waals surface area (Å²) in [6.45, 7) is 4.35. The molecule has 9 nitrogen and oxygen atoms in total. The number of rotatable bonds is 9. The number of nitrogens with zero attached hydrogens (tertiary/aromatic N) is 3. The molecule has 2 heterocycles. The quantitative estimate of drug-likeness (QED) is 0.381. The van der Waals surface area contributed by atoms with Crippen molar-refractivity contribution >= 4 is 23.4 Å². The number of hydrogen-bond acceptors (Lipinski definition) is 7. The summed E-state index contributed by atoms with van der Waals surface area (Å²) in [5.41, 5.74) is 3.64. The number of fused-ring (bicyclic) bond motifs is 1. The molecule has 0 unspecified atom stereocenters. The maximum absolute atomic E-state index is 13.5. The van der Waals surface area contributed by atoms with Gasteiger partial charge in [0.25, 0.3) is 17.7 Å². The topological polar surface area (TPSA) is 88.6 Å². The molecule has 40 heavy (non-hydrogen) atoms. The number of anilines is 1. The standard InChI is InChI=1S/C31H33N3O6/c1-21-7-10-23(11-8-21)40-20-28(35)33-17-15-32(16-18-33)25-6-4-5-24-29(25)31(37)34(30(24)36)14-13-22-9-12-26(38-2)27(19-22)39-3/h4-12,19H,13-18,20H2,1-3H3. The first kappa shape index (κ1) is 27.1. The molecule has 2 aliphatic rings. The smallest absolute Gasteiger partial charge is 0.263 e. The van der Waals surface area contributed by atoms with Crippen molar-refractivity contribution in [2.75, 3.05) is 58.5 Å². The number of benzene rings is 3. The first-order chi connectivity index (χ1) is 19.4. The zero-order valence-electron chi connectivity index (χ0n) is 23.0. The third-order valence-electron chi connectivity index (χ3n) is 7.41. The van der Waals surface area contributed by atoms with Crippen LogP contribution in [0.3, 0.4) is 0 Å². The average molecular weight is 544 g/mol. The summed E-state index contributed by atoms with van der Waals surface area (Å²) in [6, 6.07) is 18.6. The summed E-state index contributed by atoms with van der Waals surface area (Å²) in [5, 5.41) is 0. The molecule has 0 bridgehead atoms. The van der Waals surface area contributed by atoms with Crippen molar-refractivity contribution in [1.82, 2.24) is 9.80 Å². The highest BCUT2D eigenvalue weighted by Gasteiger charge is 2.38. The summed E-state index contributed by atoms with van der Waals surface area (Å²) >= 11 is 0. The van der Waals surface area contributed by atoms with Crippen molar-refractivity contribution in [3.8, 4) is 17.2 Å². The van der Waals surface area contributed by atoms with E-state index in [1.54, 1.807) is 25.2 Å². The van der Waals surface area contributed by atoms with Crippen LogP contribution in [0.25, 0.3) is 0 Å². The van der Waals surface area contributed by atoms with Gasteiger partial charge in [0.05, 0.1) is 31.0 Å². The van der Waals surface area contributed by atoms with E-state index >= 15 is 0 Å². The molecule has 1 saturated heterocycles. The molecule has 9 heteroatoms. The number of piperazine rings is 1. The zero-order chi connectivity index (χ0) is 28.2. The Kier molecular flexibility index (Phi) is 7.91. The normalized spacial score (nSPS) is 14.8. The third-order valence-corrected chi connectivity index (χ3v) is 7.41. The van der Waals surface area contributed by atoms with Crippen molar-refractivity contribution in [2.24, 2.45) is 0 Å². The van der Waals surface area contributed by atoms with Gasteiger partial charge in [0.1, 0.15) is 5.75 Å². The van der Waals surface area contributed by atoms with Gasteiger partial charge in [-0.2, -0.15) is 0 Å². The van der Waals surface area contributed by atoms with Gasteiger partial charge >= 0.3 is 0 Å². The second-order valence-electron chi connectivity index (χ2n) is 9.87. The predicted octanol–water partition coefficient (Wildman–Crippen LogP) is 3.58. The summed E-state index contributed by atoms with van der Waals surface area (Å²) in [5.74, 6) is 1.23. The molecule has 0 radical (unpaired) electrons. The number of imide groups is 1. The summed E-state index contributed by atoms with van der Waals surface area (Å²) < 4.78 is 16.3. The molecular weight excluding hydrogens is 510 g/mol. The van der Waals surface area contributed by atoms with Crippen LogP contribution in [-0.2, 0) is 11.2 Å². The number of aryl methyl sites for hydroxylation is 1. The van der Waals surface area contributed by atoms with Gasteiger partial charge in [-0.15, -0.1) is 0 Å². The molecule has 208 valence electrons. The lowest BCUT2D eigenvalue weighted by molar-refractivity contribution is -0.133. The van der Waals surface area contributed by atoms with Gasteiger partial charge < -0.3 is 24.0 Å². The highest BCUT2D eigenvalue weighted by Crippen LogP contribution is 2.33. The van der Waals surface area contributed by atoms with E-state index in [9.17, 15) is 14.4 Å². The molecule has 5 rings (SSSR count). The van der Waals surface area contributed by atoms with E-state index in [-0.39, 0.29) is 30.9 Å². The minimum atomic E-state index is -0.291. The lowest BCUT2D eigenvalue weighted by atomic mass is 10.1. The first-order valence-electron chi connectivity index (χ1n) is 13.3. The van der Waals surface area contributed by atoms with Crippen LogP contribution in [0.5, 0.6) is 17.2 Å². The first-order valence-corrected chi connectivity index (χ1v) is 13.3. The number of hydrogen-bond donors (Lipinski definition) is 0. The lowest BCUT2D eigenvalue weighted by Crippen LogP contribution is -2.50. The zero-order valence-corrected chi connectivity index (χ0v) is 23.0. The summed E-state index contributed by atoms with van der Waals surface area (Å²) in [4.78, 5) is 44.6. The van der Waals surface area contributed by atoms with E-state index in [2.05, 4.69) is 4.90 Å². The lowest BCUT2D eigenvalue weighted by Gasteiger charge is -2.36. The van der Waals surface area contributed by atoms with Gasteiger partial charge in [-0.3, -0.25) is 19.3 Å². The molecule has 0 atom stereocenters. The van der Waals surface area contributed by atoms with Crippen molar-refractivity contribution < 1.29 is 28.6 Å². The second-order valence-corrected chi connectivity index (χ2v) is 9.87. The van der Waals surface area contributed by atoms with Crippen LogP contribution in [0, 0.1) is 6.92 Å². The van der Waals surface area contributed by atoms with Crippen molar-refractivity contribution in [2.45, 2.75) is 13.3 Å². The molecule has 3 aromatic carbocycles. The van der Waals surface area contributed by atoms with Gasteiger partial charge in [0.15, 0.2) is 18.1 Å². The number of carbonyl (C=O) groups excluding carboxylic acids is 3. The van der Waals surface area contributed by atoms with Crippen LogP contribution >= 0.6 is 0 Å². The van der Waals surface area contributed by atoms with Gasteiger partial charge in [0.2, 0.25) is 0 Å². The largest absolute Gasteiger partial charge is 0.493 e. The van der Waals surface area contributed by atoms with Crippen molar-refractivity contribution in [3.63, 3.8) is 0 Å². The Labute approximate surface area is 233 Å². The molecule has 3 aromatic rings. The Balaban J connectivity index is 1.21. The minimum Gasteiger partial charge on any atom is -0.493 e. The molecule has 3 amide bonds. The van der Waals surface area contributed by atoms with E-state index < -0.39 is 0 Å². The molecule has 1 fully saturated rings. The second kappa shape index (κ2) is 11.7. The monoisotopic (exact) mass is 543 g/mol. The van der Waals surface area contributed by atoms with Crippen LogP contribution in [0.1, 0.15) is 31.8 Å². The highest BCUT2D eigenvalue weighted by molar-refractivity contribution is 6.23. The van der Waals surface area contributed by atoms with E-state index in [1.807, 2.05) is 61.5 Å². The van der Waals surface area contributed by atoms with Crippen LogP contribution in [-0.4, -0.2) is 81.1 Å². The fourth-order valence-corrected chi connectivity index (χ4v) is 5.13. The van der Waals surface area contributed by atoms with Gasteiger partial charge in [0, 0.05) is 32.7 Å². The molecule has 0 aromatic heterocycles. The Morgan fingerprint density at radius 2 is 1.57 bits per heavy atom. The van der Waals surface area contributed by atoms with E-state index in [1.165, 1.54) is 4.90 Å². The molecule has 0 N–H and O–H groups in total. The Bertz CT molecular complexity index is 1410. The maximum Gasteiger partial charge on any atom is 0.263 e. The fraction of sp³-hybridized carbons (Fsp3) is 0.323. The number of amides is 3. The highest BCUT2D eigenvalue weighted by atomic mass is 16.5. The average Bonchev–Trinajstić information content (AvgIpc) is 3.24. The van der Waals surface area contributed by atoms with E-state index in [0.717, 1.165) is 16.8 Å². The summed E-state index contributed by atoms with van der Waals surface area (Å²) in [6.07, 6.45) is 0.493. The van der Waals surface area contributed by atoms with E-state index in [0.29, 0.717) is 61.0 Å².